The number of carbonyl (C=O) groups is 2. The van der Waals surface area contributed by atoms with Crippen LogP contribution in [0.15, 0.2) is 114 Å². The van der Waals surface area contributed by atoms with Gasteiger partial charge in [-0.2, -0.15) is 0 Å². The van der Waals surface area contributed by atoms with Crippen molar-refractivity contribution in [3.63, 3.8) is 0 Å². The van der Waals surface area contributed by atoms with Gasteiger partial charge in [0.15, 0.2) is 0 Å². The maximum atomic E-state index is 14.3. The molecule has 0 aliphatic rings. The average molecular weight is 604 g/mol. The van der Waals surface area contributed by atoms with Crippen LogP contribution in [0.4, 0.5) is 5.69 Å². The van der Waals surface area contributed by atoms with Crippen LogP contribution in [0.3, 0.4) is 0 Å². The number of nitrogens with one attached hydrogen (secondary N) is 1. The maximum Gasteiger partial charge on any atom is 0.264 e. The largest absolute Gasteiger partial charge is 0.355 e. The van der Waals surface area contributed by atoms with E-state index in [2.05, 4.69) is 5.32 Å². The zero-order valence-corrected chi connectivity index (χ0v) is 25.2. The van der Waals surface area contributed by atoms with Gasteiger partial charge in [0.25, 0.3) is 10.0 Å². The van der Waals surface area contributed by atoms with Crippen molar-refractivity contribution in [2.45, 2.75) is 37.8 Å². The second-order valence-electron chi connectivity index (χ2n) is 9.88. The van der Waals surface area contributed by atoms with Gasteiger partial charge in [-0.1, -0.05) is 90.5 Å². The molecule has 1 atom stereocenters. The zero-order valence-electron chi connectivity index (χ0n) is 23.6. The second kappa shape index (κ2) is 14.2. The summed E-state index contributed by atoms with van der Waals surface area (Å²) in [6.45, 7) is 3.53. The summed E-state index contributed by atoms with van der Waals surface area (Å²) in [6, 6.07) is 30.6. The van der Waals surface area contributed by atoms with Crippen molar-refractivity contribution in [1.29, 1.82) is 0 Å². The van der Waals surface area contributed by atoms with Crippen LogP contribution in [0.2, 0.25) is 5.02 Å². The number of benzene rings is 4. The van der Waals surface area contributed by atoms with E-state index < -0.39 is 28.5 Å². The summed E-state index contributed by atoms with van der Waals surface area (Å²) in [6.07, 6.45) is 0.235. The minimum Gasteiger partial charge on any atom is -0.355 e. The molecule has 4 rings (SSSR count). The molecule has 2 amide bonds. The van der Waals surface area contributed by atoms with Crippen LogP contribution >= 0.6 is 11.6 Å². The van der Waals surface area contributed by atoms with Crippen LogP contribution in [0, 0.1) is 6.92 Å². The smallest absolute Gasteiger partial charge is 0.264 e. The van der Waals surface area contributed by atoms with E-state index in [4.69, 9.17) is 11.6 Å². The summed E-state index contributed by atoms with van der Waals surface area (Å²) in [5, 5.41) is 3.29. The second-order valence-corrected chi connectivity index (χ2v) is 12.1. The lowest BCUT2D eigenvalue weighted by Crippen LogP contribution is -2.53. The molecule has 0 saturated heterocycles. The van der Waals surface area contributed by atoms with E-state index in [1.54, 1.807) is 60.7 Å². The van der Waals surface area contributed by atoms with Gasteiger partial charge in [0.2, 0.25) is 11.8 Å². The minimum absolute atomic E-state index is 0.0141. The summed E-state index contributed by atoms with van der Waals surface area (Å²) in [5.41, 5.74) is 2.69. The van der Waals surface area contributed by atoms with Crippen molar-refractivity contribution in [2.24, 2.45) is 0 Å². The van der Waals surface area contributed by atoms with Crippen molar-refractivity contribution in [3.05, 3.63) is 131 Å². The van der Waals surface area contributed by atoms with Gasteiger partial charge in [-0.05, 0) is 60.9 Å². The highest BCUT2D eigenvalue weighted by Gasteiger charge is 2.34. The summed E-state index contributed by atoms with van der Waals surface area (Å²) in [7, 11) is -4.14. The maximum absolute atomic E-state index is 14.3. The van der Waals surface area contributed by atoms with Gasteiger partial charge in [-0.25, -0.2) is 8.42 Å². The van der Waals surface area contributed by atoms with Gasteiger partial charge < -0.3 is 10.2 Å². The van der Waals surface area contributed by atoms with Gasteiger partial charge in [-0.15, -0.1) is 0 Å². The van der Waals surface area contributed by atoms with Crippen LogP contribution in [-0.4, -0.2) is 44.3 Å². The Hall–Kier alpha value is -4.14. The molecule has 0 heterocycles. The van der Waals surface area contributed by atoms with Crippen LogP contribution in [0.1, 0.15) is 23.6 Å². The van der Waals surface area contributed by atoms with Gasteiger partial charge in [0, 0.05) is 24.5 Å². The molecule has 218 valence electrons. The number of anilines is 1. The summed E-state index contributed by atoms with van der Waals surface area (Å²) in [5.74, 6) is -0.877. The van der Waals surface area contributed by atoms with E-state index >= 15 is 0 Å². The Kier molecular flexibility index (Phi) is 10.4. The number of nitrogens with zero attached hydrogens (tertiary/aromatic N) is 2. The Bertz CT molecular complexity index is 1610. The molecule has 0 aliphatic heterocycles. The molecular formula is C33H34ClN3O4S. The molecule has 0 saturated carbocycles. The SMILES string of the molecule is CCNC(=O)C(Cc1ccccc1)N(Cc1ccccc1Cl)C(=O)CN(c1cccc(C)c1)S(=O)(=O)c1ccccc1. The lowest BCUT2D eigenvalue weighted by Gasteiger charge is -2.34. The van der Waals surface area contributed by atoms with Crippen molar-refractivity contribution in [1.82, 2.24) is 10.2 Å². The molecular weight excluding hydrogens is 570 g/mol. The van der Waals surface area contributed by atoms with Crippen LogP contribution in [0.5, 0.6) is 0 Å². The van der Waals surface area contributed by atoms with Crippen molar-refractivity contribution in [3.8, 4) is 0 Å². The summed E-state index contributed by atoms with van der Waals surface area (Å²) in [4.78, 5) is 29.4. The lowest BCUT2D eigenvalue weighted by molar-refractivity contribution is -0.140. The van der Waals surface area contributed by atoms with Crippen molar-refractivity contribution in [2.75, 3.05) is 17.4 Å². The van der Waals surface area contributed by atoms with E-state index in [1.807, 2.05) is 50.2 Å². The Morgan fingerprint density at radius 1 is 0.857 bits per heavy atom. The predicted molar refractivity (Wildman–Crippen MR) is 167 cm³/mol. The van der Waals surface area contributed by atoms with E-state index in [9.17, 15) is 18.0 Å². The highest BCUT2D eigenvalue weighted by Crippen LogP contribution is 2.26. The van der Waals surface area contributed by atoms with Crippen molar-refractivity contribution >= 4 is 39.1 Å². The topological polar surface area (TPSA) is 86.8 Å². The fourth-order valence-corrected chi connectivity index (χ4v) is 6.31. The van der Waals surface area contributed by atoms with Crippen LogP contribution in [0.25, 0.3) is 0 Å². The molecule has 7 nitrogen and oxygen atoms in total. The first-order valence-electron chi connectivity index (χ1n) is 13.7. The standard InChI is InChI=1S/C33H34ClN3O4S/c1-3-35-33(39)31(22-26-14-6-4-7-15-26)36(23-27-16-10-11-20-30(27)34)32(38)24-37(28-17-12-13-25(2)21-28)42(40,41)29-18-8-5-9-19-29/h4-21,31H,3,22-24H2,1-2H3,(H,35,39). The highest BCUT2D eigenvalue weighted by molar-refractivity contribution is 7.92. The third-order valence-corrected chi connectivity index (χ3v) is 8.98. The number of hydrogen-bond donors (Lipinski definition) is 1. The first-order valence-corrected chi connectivity index (χ1v) is 15.5. The molecule has 4 aromatic carbocycles. The van der Waals surface area contributed by atoms with E-state index in [1.165, 1.54) is 17.0 Å². The number of hydrogen-bond acceptors (Lipinski definition) is 4. The molecule has 42 heavy (non-hydrogen) atoms. The van der Waals surface area contributed by atoms with Crippen molar-refractivity contribution < 1.29 is 18.0 Å². The fourth-order valence-electron chi connectivity index (χ4n) is 4.69. The number of amides is 2. The normalized spacial score (nSPS) is 11.9. The fraction of sp³-hybridized carbons (Fsp3) is 0.212. The molecule has 1 N–H and O–H groups in total. The monoisotopic (exact) mass is 603 g/mol. The number of likely N-dealkylation sites (N-methyl/N-ethyl adjacent to an activating group) is 1. The molecule has 1 unspecified atom stereocenters. The first-order chi connectivity index (χ1) is 20.2. The Morgan fingerprint density at radius 2 is 1.50 bits per heavy atom. The molecule has 0 spiro atoms. The Balaban J connectivity index is 1.80. The van der Waals surface area contributed by atoms with Gasteiger partial charge in [0.05, 0.1) is 10.6 Å². The number of sulfonamides is 1. The highest BCUT2D eigenvalue weighted by atomic mass is 35.5. The first kappa shape index (κ1) is 30.8. The summed E-state index contributed by atoms with van der Waals surface area (Å²) < 4.78 is 29.0. The molecule has 9 heteroatoms. The van der Waals surface area contributed by atoms with Crippen LogP contribution < -0.4 is 9.62 Å². The van der Waals surface area contributed by atoms with E-state index in [0.717, 1.165) is 15.4 Å². The average Bonchev–Trinajstić information content (AvgIpc) is 2.99. The van der Waals surface area contributed by atoms with Gasteiger partial charge in [-0.3, -0.25) is 13.9 Å². The number of carbonyl (C=O) groups excluding carboxylic acids is 2. The minimum atomic E-state index is -4.14. The Labute approximate surface area is 252 Å². The molecule has 0 fully saturated rings. The lowest BCUT2D eigenvalue weighted by atomic mass is 10.0. The third-order valence-electron chi connectivity index (χ3n) is 6.82. The number of halogens is 1. The Morgan fingerprint density at radius 3 is 2.14 bits per heavy atom. The van der Waals surface area contributed by atoms with Gasteiger partial charge >= 0.3 is 0 Å². The molecule has 4 aromatic rings. The molecule has 0 aromatic heterocycles. The quantitative estimate of drug-likeness (QED) is 0.228. The molecule has 0 bridgehead atoms. The number of rotatable bonds is 12. The van der Waals surface area contributed by atoms with E-state index in [0.29, 0.717) is 22.8 Å². The zero-order chi connectivity index (χ0) is 30.1. The number of aryl methyl sites for hydroxylation is 1. The van der Waals surface area contributed by atoms with Gasteiger partial charge in [0.1, 0.15) is 12.6 Å². The van der Waals surface area contributed by atoms with Crippen LogP contribution in [-0.2, 0) is 32.6 Å². The molecule has 0 radical (unpaired) electrons. The van der Waals surface area contributed by atoms with E-state index in [-0.39, 0.29) is 23.8 Å². The predicted octanol–water partition coefficient (Wildman–Crippen LogP) is 5.62. The summed E-state index contributed by atoms with van der Waals surface area (Å²) >= 11 is 6.51. The third kappa shape index (κ3) is 7.57. The molecule has 0 aliphatic carbocycles.